The largest absolute Gasteiger partial charge is 0.494 e. The third-order valence-corrected chi connectivity index (χ3v) is 5.14. The summed E-state index contributed by atoms with van der Waals surface area (Å²) in [6, 6.07) is 30.0. The van der Waals surface area contributed by atoms with Crippen LogP contribution < -0.4 is 10.2 Å². The molecule has 33 heavy (non-hydrogen) atoms. The average Bonchev–Trinajstić information content (AvgIpc) is 2.88. The fraction of sp³-hybridized carbons (Fsp3) is 0.179. The third-order valence-electron chi connectivity index (χ3n) is 5.14. The molecule has 0 aliphatic heterocycles. The van der Waals surface area contributed by atoms with Gasteiger partial charge in [0.2, 0.25) is 5.95 Å². The van der Waals surface area contributed by atoms with Crippen LogP contribution in [0.5, 0.6) is 5.75 Å². The second kappa shape index (κ2) is 11.6. The standard InChI is InChI=1S/C28H28N4O/c1-2-3-10-19-33-25-17-15-22(16-18-25)21-29-32-28-30-26(23-11-6-4-7-12-23)20-27(31-28)24-13-8-5-9-14-24/h4-9,11-18,20-21H,2-3,10,19H2,1H3,(H,30,31,32)/b29-21+. The van der Waals surface area contributed by atoms with Crippen molar-refractivity contribution in [1.29, 1.82) is 0 Å². The fourth-order valence-electron chi connectivity index (χ4n) is 3.37. The van der Waals surface area contributed by atoms with Crippen molar-refractivity contribution < 1.29 is 4.74 Å². The van der Waals surface area contributed by atoms with Gasteiger partial charge in [0.1, 0.15) is 5.75 Å². The van der Waals surface area contributed by atoms with Gasteiger partial charge in [-0.25, -0.2) is 15.4 Å². The van der Waals surface area contributed by atoms with E-state index in [9.17, 15) is 0 Å². The number of aromatic nitrogens is 2. The number of hydrazone groups is 1. The van der Waals surface area contributed by atoms with Crippen LogP contribution in [-0.2, 0) is 0 Å². The van der Waals surface area contributed by atoms with Gasteiger partial charge in [0.05, 0.1) is 24.2 Å². The predicted molar refractivity (Wildman–Crippen MR) is 136 cm³/mol. The molecule has 0 unspecified atom stereocenters. The van der Waals surface area contributed by atoms with Crippen molar-refractivity contribution >= 4 is 12.2 Å². The lowest BCUT2D eigenvalue weighted by Gasteiger charge is -2.08. The molecule has 166 valence electrons. The van der Waals surface area contributed by atoms with Crippen molar-refractivity contribution in [2.24, 2.45) is 5.10 Å². The Kier molecular flexibility index (Phi) is 7.79. The number of hydrogen-bond donors (Lipinski definition) is 1. The molecule has 0 radical (unpaired) electrons. The number of unbranched alkanes of at least 4 members (excludes halogenated alkanes) is 2. The maximum Gasteiger partial charge on any atom is 0.244 e. The van der Waals surface area contributed by atoms with Crippen LogP contribution in [0.4, 0.5) is 5.95 Å². The maximum absolute atomic E-state index is 5.77. The highest BCUT2D eigenvalue weighted by atomic mass is 16.5. The van der Waals surface area contributed by atoms with Gasteiger partial charge in [-0.3, -0.25) is 0 Å². The normalized spacial score (nSPS) is 10.9. The van der Waals surface area contributed by atoms with Gasteiger partial charge in [0.15, 0.2) is 0 Å². The van der Waals surface area contributed by atoms with Crippen molar-refractivity contribution in [3.63, 3.8) is 0 Å². The predicted octanol–water partition coefficient (Wildman–Crippen LogP) is 6.83. The molecule has 4 aromatic rings. The van der Waals surface area contributed by atoms with Crippen LogP contribution in [0, 0.1) is 0 Å². The monoisotopic (exact) mass is 436 g/mol. The lowest BCUT2D eigenvalue weighted by Crippen LogP contribution is -2.00. The van der Waals surface area contributed by atoms with E-state index >= 15 is 0 Å². The van der Waals surface area contributed by atoms with Crippen molar-refractivity contribution in [3.05, 3.63) is 96.6 Å². The molecule has 4 rings (SSSR count). The Morgan fingerprint density at radius 3 is 1.97 bits per heavy atom. The van der Waals surface area contributed by atoms with Crippen molar-refractivity contribution in [1.82, 2.24) is 9.97 Å². The van der Waals surface area contributed by atoms with E-state index in [1.54, 1.807) is 6.21 Å². The maximum atomic E-state index is 5.77. The SMILES string of the molecule is CCCCCOc1ccc(/C=N/Nc2nc(-c3ccccc3)cc(-c3ccccc3)n2)cc1. The first-order chi connectivity index (χ1) is 16.3. The van der Waals surface area contributed by atoms with Gasteiger partial charge in [-0.1, -0.05) is 80.4 Å². The van der Waals surface area contributed by atoms with Crippen molar-refractivity contribution in [2.45, 2.75) is 26.2 Å². The summed E-state index contributed by atoms with van der Waals surface area (Å²) in [5, 5.41) is 4.36. The number of nitrogens with zero attached hydrogens (tertiary/aromatic N) is 3. The topological polar surface area (TPSA) is 59.4 Å². The molecule has 5 nitrogen and oxygen atoms in total. The lowest BCUT2D eigenvalue weighted by molar-refractivity contribution is 0.306. The van der Waals surface area contributed by atoms with E-state index in [2.05, 4.69) is 27.4 Å². The molecular weight excluding hydrogens is 408 g/mol. The Labute approximate surface area is 195 Å². The second-order valence-corrected chi connectivity index (χ2v) is 7.69. The van der Waals surface area contributed by atoms with Gasteiger partial charge >= 0.3 is 0 Å². The number of ether oxygens (including phenoxy) is 1. The molecular formula is C28H28N4O. The summed E-state index contributed by atoms with van der Waals surface area (Å²) < 4.78 is 5.77. The molecule has 0 fully saturated rings. The van der Waals surface area contributed by atoms with E-state index in [0.717, 1.165) is 46.9 Å². The summed E-state index contributed by atoms with van der Waals surface area (Å²) in [6.45, 7) is 2.94. The van der Waals surface area contributed by atoms with E-state index in [1.807, 2.05) is 91.0 Å². The number of hydrogen-bond acceptors (Lipinski definition) is 5. The van der Waals surface area contributed by atoms with Crippen LogP contribution in [0.25, 0.3) is 22.5 Å². The highest BCUT2D eigenvalue weighted by molar-refractivity contribution is 5.80. The number of nitrogens with one attached hydrogen (secondary N) is 1. The van der Waals surface area contributed by atoms with Crippen LogP contribution >= 0.6 is 0 Å². The van der Waals surface area contributed by atoms with Crippen LogP contribution in [0.15, 0.2) is 96.1 Å². The first-order valence-corrected chi connectivity index (χ1v) is 11.3. The molecule has 0 spiro atoms. The number of benzene rings is 3. The Hall–Kier alpha value is -3.99. The molecule has 0 saturated heterocycles. The summed E-state index contributed by atoms with van der Waals surface area (Å²) >= 11 is 0. The molecule has 1 aromatic heterocycles. The highest BCUT2D eigenvalue weighted by Gasteiger charge is 2.08. The van der Waals surface area contributed by atoms with Gasteiger partial charge in [-0.2, -0.15) is 5.10 Å². The van der Waals surface area contributed by atoms with E-state index in [-0.39, 0.29) is 0 Å². The average molecular weight is 437 g/mol. The first kappa shape index (κ1) is 22.2. The van der Waals surface area contributed by atoms with Gasteiger partial charge in [0.25, 0.3) is 0 Å². The second-order valence-electron chi connectivity index (χ2n) is 7.69. The van der Waals surface area contributed by atoms with Gasteiger partial charge in [0, 0.05) is 11.1 Å². The molecule has 0 aliphatic carbocycles. The zero-order valence-corrected chi connectivity index (χ0v) is 18.8. The Balaban J connectivity index is 1.48. The van der Waals surface area contributed by atoms with Gasteiger partial charge < -0.3 is 4.74 Å². The summed E-state index contributed by atoms with van der Waals surface area (Å²) in [5.74, 6) is 1.32. The summed E-state index contributed by atoms with van der Waals surface area (Å²) in [7, 11) is 0. The quantitative estimate of drug-likeness (QED) is 0.168. The zero-order valence-electron chi connectivity index (χ0n) is 18.8. The smallest absolute Gasteiger partial charge is 0.244 e. The highest BCUT2D eigenvalue weighted by Crippen LogP contribution is 2.25. The lowest BCUT2D eigenvalue weighted by atomic mass is 10.1. The molecule has 5 heteroatoms. The van der Waals surface area contributed by atoms with E-state index in [0.29, 0.717) is 5.95 Å². The molecule has 1 N–H and O–H groups in total. The number of rotatable bonds is 10. The fourth-order valence-corrected chi connectivity index (χ4v) is 3.37. The molecule has 1 heterocycles. The molecule has 3 aromatic carbocycles. The van der Waals surface area contributed by atoms with Crippen LogP contribution in [-0.4, -0.2) is 22.8 Å². The minimum atomic E-state index is 0.447. The molecule has 0 saturated carbocycles. The Morgan fingerprint density at radius 1 is 0.788 bits per heavy atom. The summed E-state index contributed by atoms with van der Waals surface area (Å²) in [6.07, 6.45) is 5.21. The van der Waals surface area contributed by atoms with Gasteiger partial charge in [-0.05, 0) is 42.3 Å². The van der Waals surface area contributed by atoms with Crippen molar-refractivity contribution in [3.8, 4) is 28.3 Å². The molecule has 0 bridgehead atoms. The summed E-state index contributed by atoms with van der Waals surface area (Å²) in [5.41, 5.74) is 7.69. The van der Waals surface area contributed by atoms with E-state index < -0.39 is 0 Å². The van der Waals surface area contributed by atoms with Crippen LogP contribution in [0.3, 0.4) is 0 Å². The Bertz CT molecular complexity index is 1100. The third kappa shape index (κ3) is 6.50. The minimum Gasteiger partial charge on any atom is -0.494 e. The molecule has 0 amide bonds. The van der Waals surface area contributed by atoms with Crippen LogP contribution in [0.1, 0.15) is 31.7 Å². The Morgan fingerprint density at radius 2 is 1.39 bits per heavy atom. The van der Waals surface area contributed by atoms with Crippen LogP contribution in [0.2, 0.25) is 0 Å². The van der Waals surface area contributed by atoms with Crippen molar-refractivity contribution in [2.75, 3.05) is 12.0 Å². The molecule has 0 aliphatic rings. The minimum absolute atomic E-state index is 0.447. The van der Waals surface area contributed by atoms with E-state index in [1.165, 1.54) is 12.8 Å². The number of anilines is 1. The first-order valence-electron chi connectivity index (χ1n) is 11.3. The molecule has 0 atom stereocenters. The zero-order chi connectivity index (χ0) is 22.7. The van der Waals surface area contributed by atoms with Gasteiger partial charge in [-0.15, -0.1) is 0 Å². The van der Waals surface area contributed by atoms with E-state index in [4.69, 9.17) is 4.74 Å². The summed E-state index contributed by atoms with van der Waals surface area (Å²) in [4.78, 5) is 9.33.